The first-order valence-corrected chi connectivity index (χ1v) is 7.24. The molecule has 17 heavy (non-hydrogen) atoms. The second-order valence-corrected chi connectivity index (χ2v) is 5.79. The average Bonchev–Trinajstić information content (AvgIpc) is 2.36. The molecule has 0 radical (unpaired) electrons. The smallest absolute Gasteiger partial charge is 0.136 e. The van der Waals surface area contributed by atoms with E-state index in [-0.39, 0.29) is 0 Å². The summed E-state index contributed by atoms with van der Waals surface area (Å²) in [7, 11) is 0. The molecule has 3 nitrogen and oxygen atoms in total. The van der Waals surface area contributed by atoms with Crippen molar-refractivity contribution in [3.05, 3.63) is 16.5 Å². The Kier molecular flexibility index (Phi) is 4.65. The fraction of sp³-hybridized carbons (Fsp3) is 0.667. The van der Waals surface area contributed by atoms with Gasteiger partial charge >= 0.3 is 0 Å². The zero-order valence-corrected chi connectivity index (χ0v) is 11.8. The van der Waals surface area contributed by atoms with Crippen LogP contribution in [-0.4, -0.2) is 28.4 Å². The zero-order valence-electron chi connectivity index (χ0n) is 10.2. The zero-order chi connectivity index (χ0) is 12.3. The Balaban J connectivity index is 2.15. The van der Waals surface area contributed by atoms with Gasteiger partial charge in [-0.15, -0.1) is 11.8 Å². The van der Waals surface area contributed by atoms with E-state index in [4.69, 9.17) is 16.3 Å². The first-order chi connectivity index (χ1) is 8.20. The molecule has 1 aliphatic rings. The third-order valence-electron chi connectivity index (χ3n) is 2.85. The molecule has 0 amide bonds. The van der Waals surface area contributed by atoms with Gasteiger partial charge in [0.1, 0.15) is 16.0 Å². The minimum Gasteiger partial charge on any atom is -0.381 e. The highest BCUT2D eigenvalue weighted by Crippen LogP contribution is 2.32. The van der Waals surface area contributed by atoms with Gasteiger partial charge in [-0.3, -0.25) is 0 Å². The molecule has 0 N–H and O–H groups in total. The Hall–Kier alpha value is -0.320. The maximum Gasteiger partial charge on any atom is 0.136 e. The maximum absolute atomic E-state index is 6.13. The monoisotopic (exact) mass is 272 g/mol. The molecule has 0 bridgehead atoms. The second kappa shape index (κ2) is 6.03. The predicted molar refractivity (Wildman–Crippen MR) is 70.9 cm³/mol. The van der Waals surface area contributed by atoms with E-state index in [9.17, 15) is 0 Å². The Morgan fingerprint density at radius 1 is 1.35 bits per heavy atom. The highest BCUT2D eigenvalue weighted by Gasteiger charge is 2.18. The maximum atomic E-state index is 6.13. The minimum absolute atomic E-state index is 0.589. The summed E-state index contributed by atoms with van der Waals surface area (Å²) in [6, 6.07) is 0. The Morgan fingerprint density at radius 2 is 2.06 bits per heavy atom. The van der Waals surface area contributed by atoms with E-state index in [0.717, 1.165) is 48.9 Å². The lowest BCUT2D eigenvalue weighted by Gasteiger charge is -2.21. The van der Waals surface area contributed by atoms with Gasteiger partial charge in [0, 0.05) is 30.4 Å². The van der Waals surface area contributed by atoms with Crippen molar-refractivity contribution in [3.63, 3.8) is 0 Å². The van der Waals surface area contributed by atoms with Crippen molar-refractivity contribution in [1.82, 2.24) is 9.97 Å². The molecule has 0 aromatic carbocycles. The fourth-order valence-electron chi connectivity index (χ4n) is 1.74. The minimum atomic E-state index is 0.589. The number of halogens is 1. The molecule has 1 aromatic rings. The normalized spacial score (nSPS) is 17.4. The van der Waals surface area contributed by atoms with Gasteiger partial charge in [0.2, 0.25) is 0 Å². The third-order valence-corrected chi connectivity index (χ3v) is 4.64. The molecular weight excluding hydrogens is 256 g/mol. The first-order valence-electron chi connectivity index (χ1n) is 5.98. The topological polar surface area (TPSA) is 35.0 Å². The van der Waals surface area contributed by atoms with E-state index in [1.807, 2.05) is 25.6 Å². The van der Waals surface area contributed by atoms with Gasteiger partial charge in [0.15, 0.2) is 0 Å². The number of hydrogen-bond acceptors (Lipinski definition) is 4. The van der Waals surface area contributed by atoms with Crippen molar-refractivity contribution in [2.75, 3.05) is 13.2 Å². The second-order valence-electron chi connectivity index (χ2n) is 4.14. The standard InChI is InChI=1S/C12H17ClN2OS/c1-3-10-14-11(13)8(2)12(15-10)17-9-4-6-16-7-5-9/h9H,3-7H2,1-2H3. The van der Waals surface area contributed by atoms with E-state index in [1.54, 1.807) is 0 Å². The van der Waals surface area contributed by atoms with Crippen LogP contribution in [0.4, 0.5) is 0 Å². The van der Waals surface area contributed by atoms with Gasteiger partial charge in [-0.1, -0.05) is 18.5 Å². The summed E-state index contributed by atoms with van der Waals surface area (Å²) in [5.41, 5.74) is 1.00. The SMILES string of the molecule is CCc1nc(Cl)c(C)c(SC2CCOCC2)n1. The molecule has 0 unspecified atom stereocenters. The molecule has 0 saturated carbocycles. The highest BCUT2D eigenvalue weighted by molar-refractivity contribution is 7.99. The summed E-state index contributed by atoms with van der Waals surface area (Å²) in [6.45, 7) is 5.75. The van der Waals surface area contributed by atoms with E-state index >= 15 is 0 Å². The van der Waals surface area contributed by atoms with Crippen LogP contribution in [0.15, 0.2) is 5.03 Å². The van der Waals surface area contributed by atoms with Crippen LogP contribution in [0, 0.1) is 6.92 Å². The van der Waals surface area contributed by atoms with Gasteiger partial charge in [-0.25, -0.2) is 9.97 Å². The van der Waals surface area contributed by atoms with Crippen molar-refractivity contribution in [1.29, 1.82) is 0 Å². The van der Waals surface area contributed by atoms with E-state index in [0.29, 0.717) is 10.4 Å². The van der Waals surface area contributed by atoms with Crippen molar-refractivity contribution in [2.45, 2.75) is 43.4 Å². The van der Waals surface area contributed by atoms with Crippen LogP contribution in [-0.2, 0) is 11.2 Å². The lowest BCUT2D eigenvalue weighted by Crippen LogP contribution is -2.18. The molecule has 1 aromatic heterocycles. The molecule has 1 saturated heterocycles. The van der Waals surface area contributed by atoms with Crippen LogP contribution in [0.2, 0.25) is 5.15 Å². The molecule has 0 atom stereocenters. The molecule has 1 aliphatic heterocycles. The molecule has 2 rings (SSSR count). The molecule has 2 heterocycles. The summed E-state index contributed by atoms with van der Waals surface area (Å²) in [6.07, 6.45) is 3.00. The van der Waals surface area contributed by atoms with Crippen molar-refractivity contribution >= 4 is 23.4 Å². The molecule has 94 valence electrons. The van der Waals surface area contributed by atoms with Gasteiger partial charge in [0.05, 0.1) is 0 Å². The Labute approximate surface area is 111 Å². The van der Waals surface area contributed by atoms with Crippen molar-refractivity contribution in [2.24, 2.45) is 0 Å². The third kappa shape index (κ3) is 3.33. The Bertz CT molecular complexity index is 394. The molecule has 0 aliphatic carbocycles. The van der Waals surface area contributed by atoms with Gasteiger partial charge in [-0.2, -0.15) is 0 Å². The highest BCUT2D eigenvalue weighted by atomic mass is 35.5. The number of thioether (sulfide) groups is 1. The molecule has 5 heteroatoms. The largest absolute Gasteiger partial charge is 0.381 e. The van der Waals surface area contributed by atoms with E-state index < -0.39 is 0 Å². The molecule has 0 spiro atoms. The predicted octanol–water partition coefficient (Wildman–Crippen LogP) is 3.27. The van der Waals surface area contributed by atoms with Crippen LogP contribution in [0.3, 0.4) is 0 Å². The van der Waals surface area contributed by atoms with Gasteiger partial charge in [-0.05, 0) is 19.8 Å². The summed E-state index contributed by atoms with van der Waals surface area (Å²) in [4.78, 5) is 8.83. The summed E-state index contributed by atoms with van der Waals surface area (Å²) in [5.74, 6) is 0.829. The average molecular weight is 273 g/mol. The summed E-state index contributed by atoms with van der Waals surface area (Å²) in [5, 5.41) is 2.22. The van der Waals surface area contributed by atoms with E-state index in [2.05, 4.69) is 9.97 Å². The number of nitrogens with zero attached hydrogens (tertiary/aromatic N) is 2. The van der Waals surface area contributed by atoms with Gasteiger partial charge < -0.3 is 4.74 Å². The van der Waals surface area contributed by atoms with Crippen molar-refractivity contribution in [3.8, 4) is 0 Å². The quantitative estimate of drug-likeness (QED) is 0.791. The summed E-state index contributed by atoms with van der Waals surface area (Å²) >= 11 is 7.95. The number of aryl methyl sites for hydroxylation is 1. The number of aromatic nitrogens is 2. The van der Waals surface area contributed by atoms with E-state index in [1.165, 1.54) is 0 Å². The Morgan fingerprint density at radius 3 is 2.71 bits per heavy atom. The van der Waals surface area contributed by atoms with Crippen LogP contribution in [0.1, 0.15) is 31.2 Å². The van der Waals surface area contributed by atoms with Crippen LogP contribution >= 0.6 is 23.4 Å². The van der Waals surface area contributed by atoms with Crippen LogP contribution in [0.5, 0.6) is 0 Å². The lowest BCUT2D eigenvalue weighted by atomic mass is 10.2. The lowest BCUT2D eigenvalue weighted by molar-refractivity contribution is 0.1000. The number of hydrogen-bond donors (Lipinski definition) is 0. The first kappa shape index (κ1) is 13.1. The number of rotatable bonds is 3. The molecular formula is C12H17ClN2OS. The van der Waals surface area contributed by atoms with Crippen LogP contribution < -0.4 is 0 Å². The van der Waals surface area contributed by atoms with Crippen molar-refractivity contribution < 1.29 is 4.74 Å². The number of ether oxygens (including phenoxy) is 1. The summed E-state index contributed by atoms with van der Waals surface area (Å²) < 4.78 is 5.36. The molecule has 1 fully saturated rings. The van der Waals surface area contributed by atoms with Crippen LogP contribution in [0.25, 0.3) is 0 Å². The van der Waals surface area contributed by atoms with Gasteiger partial charge in [0.25, 0.3) is 0 Å². The fourth-order valence-corrected chi connectivity index (χ4v) is 3.15.